The summed E-state index contributed by atoms with van der Waals surface area (Å²) in [5.41, 5.74) is 8.63. The molecule has 118 valence electrons. The van der Waals surface area contributed by atoms with Crippen LogP contribution in [0, 0.1) is 18.7 Å². The van der Waals surface area contributed by atoms with Crippen LogP contribution >= 0.6 is 12.2 Å². The van der Waals surface area contributed by atoms with Crippen molar-refractivity contribution in [1.29, 1.82) is 0 Å². The smallest absolute Gasteiger partial charge is 0.160 e. The molecule has 6 heteroatoms. The highest BCUT2D eigenvalue weighted by Gasteiger charge is 2.19. The van der Waals surface area contributed by atoms with Crippen molar-refractivity contribution >= 4 is 28.4 Å². The Kier molecular flexibility index (Phi) is 4.09. The van der Waals surface area contributed by atoms with Crippen LogP contribution in [0.5, 0.6) is 0 Å². The van der Waals surface area contributed by atoms with Crippen molar-refractivity contribution in [3.8, 4) is 11.4 Å². The highest BCUT2D eigenvalue weighted by molar-refractivity contribution is 7.80. The van der Waals surface area contributed by atoms with E-state index in [9.17, 15) is 4.39 Å². The first-order valence-electron chi connectivity index (χ1n) is 7.34. The van der Waals surface area contributed by atoms with Crippen molar-refractivity contribution < 1.29 is 4.39 Å². The van der Waals surface area contributed by atoms with Gasteiger partial charge in [-0.3, -0.25) is 0 Å². The normalized spacial score (nSPS) is 12.5. The third-order valence-electron chi connectivity index (χ3n) is 3.78. The summed E-state index contributed by atoms with van der Waals surface area (Å²) in [5, 5.41) is 0. The van der Waals surface area contributed by atoms with Crippen LogP contribution in [0.2, 0.25) is 0 Å². The number of pyridine rings is 1. The van der Waals surface area contributed by atoms with E-state index >= 15 is 0 Å². The molecule has 4 nitrogen and oxygen atoms in total. The Balaban J connectivity index is 2.23. The van der Waals surface area contributed by atoms with Gasteiger partial charge in [0.25, 0.3) is 0 Å². The molecule has 2 N–H and O–H groups in total. The number of fused-ring (bicyclic) bond motifs is 1. The Morgan fingerprint density at radius 3 is 2.83 bits per heavy atom. The van der Waals surface area contributed by atoms with Crippen LogP contribution in [0.4, 0.5) is 4.39 Å². The van der Waals surface area contributed by atoms with Gasteiger partial charge in [-0.05, 0) is 30.7 Å². The van der Waals surface area contributed by atoms with Gasteiger partial charge in [-0.25, -0.2) is 14.4 Å². The minimum absolute atomic E-state index is 0.0453. The number of hydrogen-bond donors (Lipinski definition) is 1. The number of aromatic nitrogens is 3. The van der Waals surface area contributed by atoms with Gasteiger partial charge in [-0.1, -0.05) is 31.3 Å². The molecule has 3 rings (SSSR count). The average Bonchev–Trinajstić information content (AvgIpc) is 2.85. The molecule has 0 radical (unpaired) electrons. The lowest BCUT2D eigenvalue weighted by atomic mass is 10.1. The van der Waals surface area contributed by atoms with E-state index < -0.39 is 0 Å². The second kappa shape index (κ2) is 6.04. The van der Waals surface area contributed by atoms with Crippen LogP contribution in [0.25, 0.3) is 22.6 Å². The van der Waals surface area contributed by atoms with Crippen molar-refractivity contribution in [2.24, 2.45) is 11.7 Å². The van der Waals surface area contributed by atoms with Crippen LogP contribution in [0.1, 0.15) is 12.5 Å². The van der Waals surface area contributed by atoms with E-state index in [1.807, 2.05) is 24.5 Å². The highest BCUT2D eigenvalue weighted by Crippen LogP contribution is 2.27. The molecule has 0 aliphatic carbocycles. The fraction of sp³-hybridized carbons (Fsp3) is 0.235. The summed E-state index contributed by atoms with van der Waals surface area (Å²) < 4.78 is 16.1. The molecule has 0 spiro atoms. The van der Waals surface area contributed by atoms with Gasteiger partial charge in [0.2, 0.25) is 0 Å². The lowest BCUT2D eigenvalue weighted by molar-refractivity contribution is 0.603. The van der Waals surface area contributed by atoms with E-state index in [4.69, 9.17) is 18.0 Å². The molecule has 1 aromatic carbocycles. The average molecular weight is 328 g/mol. The summed E-state index contributed by atoms with van der Waals surface area (Å²) in [7, 11) is 0. The molecule has 2 aromatic heterocycles. The van der Waals surface area contributed by atoms with Crippen LogP contribution in [0.3, 0.4) is 0 Å². The van der Waals surface area contributed by atoms with Gasteiger partial charge >= 0.3 is 0 Å². The standard InChI is InChI=1S/C17H17FN4S/c1-10-7-14-17(20-8-10)22(9-11(2)15(19)23)16(21-14)12-5-3-4-6-13(12)18/h3-8,11H,9H2,1-2H3,(H2,19,23). The van der Waals surface area contributed by atoms with E-state index in [-0.39, 0.29) is 11.7 Å². The topological polar surface area (TPSA) is 56.7 Å². The first kappa shape index (κ1) is 15.6. The van der Waals surface area contributed by atoms with E-state index in [1.165, 1.54) is 6.07 Å². The van der Waals surface area contributed by atoms with E-state index in [0.29, 0.717) is 28.6 Å². The molecule has 0 amide bonds. The first-order chi connectivity index (χ1) is 11.0. The van der Waals surface area contributed by atoms with Crippen molar-refractivity contribution in [3.63, 3.8) is 0 Å². The maximum atomic E-state index is 14.2. The second-order valence-corrected chi connectivity index (χ2v) is 6.16. The van der Waals surface area contributed by atoms with E-state index in [1.54, 1.807) is 24.4 Å². The van der Waals surface area contributed by atoms with Gasteiger partial charge in [-0.2, -0.15) is 0 Å². The number of halogens is 1. The zero-order chi connectivity index (χ0) is 16.6. The van der Waals surface area contributed by atoms with E-state index in [2.05, 4.69) is 9.97 Å². The number of benzene rings is 1. The van der Waals surface area contributed by atoms with Crippen LogP contribution in [-0.4, -0.2) is 19.5 Å². The number of aryl methyl sites for hydroxylation is 1. The largest absolute Gasteiger partial charge is 0.393 e. The number of hydrogen-bond acceptors (Lipinski definition) is 3. The van der Waals surface area contributed by atoms with Gasteiger partial charge in [0.05, 0.1) is 10.6 Å². The Bertz CT molecular complexity index is 887. The van der Waals surface area contributed by atoms with Crippen molar-refractivity contribution in [2.45, 2.75) is 20.4 Å². The molecule has 0 fully saturated rings. The first-order valence-corrected chi connectivity index (χ1v) is 7.75. The Morgan fingerprint density at radius 2 is 2.13 bits per heavy atom. The summed E-state index contributed by atoms with van der Waals surface area (Å²) in [4.78, 5) is 9.47. The molecule has 0 saturated carbocycles. The monoisotopic (exact) mass is 328 g/mol. The zero-order valence-corrected chi connectivity index (χ0v) is 13.8. The number of rotatable bonds is 4. The fourth-order valence-corrected chi connectivity index (χ4v) is 2.57. The third-order valence-corrected chi connectivity index (χ3v) is 4.18. The number of imidazole rings is 1. The maximum absolute atomic E-state index is 14.2. The molecule has 0 bridgehead atoms. The molecule has 1 atom stereocenters. The van der Waals surface area contributed by atoms with Gasteiger partial charge in [0.1, 0.15) is 17.2 Å². The zero-order valence-electron chi connectivity index (χ0n) is 13.0. The van der Waals surface area contributed by atoms with Crippen LogP contribution in [-0.2, 0) is 6.54 Å². The Labute approximate surface area is 139 Å². The predicted octanol–water partition coefficient (Wildman–Crippen LogP) is 3.47. The predicted molar refractivity (Wildman–Crippen MR) is 93.6 cm³/mol. The Hall–Kier alpha value is -2.34. The van der Waals surface area contributed by atoms with Crippen LogP contribution < -0.4 is 5.73 Å². The summed E-state index contributed by atoms with van der Waals surface area (Å²) in [6, 6.07) is 8.53. The molecule has 2 heterocycles. The van der Waals surface area contributed by atoms with Gasteiger partial charge < -0.3 is 10.3 Å². The number of nitrogens with two attached hydrogens (primary N) is 1. The quantitative estimate of drug-likeness (QED) is 0.745. The second-order valence-electron chi connectivity index (χ2n) is 5.68. The summed E-state index contributed by atoms with van der Waals surface area (Å²) in [6.07, 6.45) is 1.77. The van der Waals surface area contributed by atoms with Crippen molar-refractivity contribution in [1.82, 2.24) is 14.5 Å². The number of nitrogens with zero attached hydrogens (tertiary/aromatic N) is 3. The third kappa shape index (κ3) is 2.94. The van der Waals surface area contributed by atoms with Gasteiger partial charge in [0, 0.05) is 18.7 Å². The maximum Gasteiger partial charge on any atom is 0.160 e. The lowest BCUT2D eigenvalue weighted by Crippen LogP contribution is -2.23. The molecule has 3 aromatic rings. The summed E-state index contributed by atoms with van der Waals surface area (Å²) in [6.45, 7) is 4.39. The minimum Gasteiger partial charge on any atom is -0.393 e. The number of thiocarbonyl (C=S) groups is 1. The van der Waals surface area contributed by atoms with Gasteiger partial charge in [-0.15, -0.1) is 0 Å². The molecule has 23 heavy (non-hydrogen) atoms. The molecule has 1 unspecified atom stereocenters. The summed E-state index contributed by atoms with van der Waals surface area (Å²) >= 11 is 5.07. The highest BCUT2D eigenvalue weighted by atomic mass is 32.1. The summed E-state index contributed by atoms with van der Waals surface area (Å²) in [5.74, 6) is 0.180. The molecular formula is C17H17FN4S. The van der Waals surface area contributed by atoms with E-state index in [0.717, 1.165) is 11.1 Å². The molecule has 0 saturated heterocycles. The molecule has 0 aliphatic heterocycles. The Morgan fingerprint density at radius 1 is 1.39 bits per heavy atom. The van der Waals surface area contributed by atoms with Crippen molar-refractivity contribution in [3.05, 3.63) is 47.9 Å². The molecule has 0 aliphatic rings. The molecular weight excluding hydrogens is 311 g/mol. The lowest BCUT2D eigenvalue weighted by Gasteiger charge is -2.14. The van der Waals surface area contributed by atoms with Crippen molar-refractivity contribution in [2.75, 3.05) is 0 Å². The van der Waals surface area contributed by atoms with Crippen LogP contribution in [0.15, 0.2) is 36.5 Å². The fourth-order valence-electron chi connectivity index (χ4n) is 2.50. The SMILES string of the molecule is Cc1cnc2c(c1)nc(-c1ccccc1F)n2CC(C)C(N)=S. The van der Waals surface area contributed by atoms with Gasteiger partial charge in [0.15, 0.2) is 5.65 Å². The minimum atomic E-state index is -0.316.